The number of hydrogen-bond acceptors (Lipinski definition) is 7. The first kappa shape index (κ1) is 20.3. The number of furan rings is 1. The smallest absolute Gasteiger partial charge is 0.338 e. The van der Waals surface area contributed by atoms with Gasteiger partial charge >= 0.3 is 5.97 Å². The van der Waals surface area contributed by atoms with Gasteiger partial charge in [-0.25, -0.2) is 4.79 Å². The number of methoxy groups -OCH3 is 3. The van der Waals surface area contributed by atoms with Gasteiger partial charge in [-0.2, -0.15) is 0 Å². The Bertz CT molecular complexity index is 759. The molecule has 0 aliphatic carbocycles. The second kappa shape index (κ2) is 8.95. The molecule has 8 nitrogen and oxygen atoms in total. The zero-order valence-electron chi connectivity index (χ0n) is 14.0. The summed E-state index contributed by atoms with van der Waals surface area (Å²) in [7, 11) is 4.11. The Labute approximate surface area is 150 Å². The van der Waals surface area contributed by atoms with Crippen LogP contribution < -0.4 is 20.5 Å². The largest absolute Gasteiger partial charge is 0.493 e. The normalized spacial score (nSPS) is 9.76. The van der Waals surface area contributed by atoms with Crippen LogP contribution in [-0.2, 0) is 11.3 Å². The number of rotatable bonds is 6. The SMILES string of the molecule is COC(=O)c1cc(NC(=O)c2coc(CN)c2)c(OC)c(OC)c1.Cl. The number of hydrogen-bond donors (Lipinski definition) is 2. The minimum absolute atomic E-state index is 0. The Hall–Kier alpha value is -2.71. The molecular formula is C16H19ClN2O6. The fourth-order valence-electron chi connectivity index (χ4n) is 2.09. The van der Waals surface area contributed by atoms with Gasteiger partial charge in [-0.3, -0.25) is 4.79 Å². The van der Waals surface area contributed by atoms with Gasteiger partial charge in [0.1, 0.15) is 12.0 Å². The van der Waals surface area contributed by atoms with Crippen molar-refractivity contribution in [2.75, 3.05) is 26.6 Å². The molecule has 0 saturated carbocycles. The van der Waals surface area contributed by atoms with E-state index in [-0.39, 0.29) is 41.7 Å². The van der Waals surface area contributed by atoms with Crippen molar-refractivity contribution in [2.24, 2.45) is 5.73 Å². The van der Waals surface area contributed by atoms with Gasteiger partial charge in [0.2, 0.25) is 0 Å². The summed E-state index contributed by atoms with van der Waals surface area (Å²) in [5.41, 5.74) is 6.22. The van der Waals surface area contributed by atoms with Crippen molar-refractivity contribution in [2.45, 2.75) is 6.54 Å². The molecule has 1 aromatic heterocycles. The van der Waals surface area contributed by atoms with Gasteiger partial charge in [0, 0.05) is 0 Å². The van der Waals surface area contributed by atoms with Gasteiger partial charge in [0.25, 0.3) is 5.91 Å². The molecule has 0 saturated heterocycles. The van der Waals surface area contributed by atoms with Gasteiger partial charge in [-0.15, -0.1) is 12.4 Å². The molecule has 0 bridgehead atoms. The van der Waals surface area contributed by atoms with Crippen molar-refractivity contribution >= 4 is 30.0 Å². The maximum absolute atomic E-state index is 12.3. The zero-order valence-corrected chi connectivity index (χ0v) is 14.8. The molecule has 0 unspecified atom stereocenters. The molecule has 0 atom stereocenters. The van der Waals surface area contributed by atoms with Crippen LogP contribution in [0.15, 0.2) is 28.9 Å². The summed E-state index contributed by atoms with van der Waals surface area (Å²) in [5.74, 6) is 0.0283. The molecule has 0 radical (unpaired) electrons. The first-order valence-corrected chi connectivity index (χ1v) is 6.97. The summed E-state index contributed by atoms with van der Waals surface area (Å²) in [6, 6.07) is 4.43. The maximum atomic E-state index is 12.3. The minimum Gasteiger partial charge on any atom is -0.493 e. The lowest BCUT2D eigenvalue weighted by atomic mass is 10.1. The lowest BCUT2D eigenvalue weighted by Gasteiger charge is -2.15. The Kier molecular flexibility index (Phi) is 7.28. The molecule has 0 aliphatic rings. The first-order valence-electron chi connectivity index (χ1n) is 6.97. The topological polar surface area (TPSA) is 113 Å². The van der Waals surface area contributed by atoms with E-state index in [1.165, 1.54) is 45.8 Å². The number of esters is 1. The number of amides is 1. The quantitative estimate of drug-likeness (QED) is 0.749. The molecule has 1 amide bonds. The number of ether oxygens (including phenoxy) is 3. The number of nitrogens with one attached hydrogen (secondary N) is 1. The Morgan fingerprint density at radius 3 is 2.36 bits per heavy atom. The van der Waals surface area contributed by atoms with Crippen molar-refractivity contribution in [1.29, 1.82) is 0 Å². The van der Waals surface area contributed by atoms with Crippen molar-refractivity contribution in [3.63, 3.8) is 0 Å². The van der Waals surface area contributed by atoms with E-state index in [0.717, 1.165) is 0 Å². The molecule has 2 rings (SSSR count). The number of carbonyl (C=O) groups excluding carboxylic acids is 2. The zero-order chi connectivity index (χ0) is 17.7. The Balaban J connectivity index is 0.00000312. The van der Waals surface area contributed by atoms with Crippen LogP contribution in [0.3, 0.4) is 0 Å². The summed E-state index contributed by atoms with van der Waals surface area (Å²) < 4.78 is 20.3. The van der Waals surface area contributed by atoms with E-state index in [4.69, 9.17) is 24.4 Å². The summed E-state index contributed by atoms with van der Waals surface area (Å²) in [5, 5.41) is 2.66. The number of anilines is 1. The van der Waals surface area contributed by atoms with Gasteiger partial charge in [-0.05, 0) is 18.2 Å². The van der Waals surface area contributed by atoms with Gasteiger partial charge in [0.05, 0.1) is 44.7 Å². The van der Waals surface area contributed by atoms with Crippen molar-refractivity contribution < 1.29 is 28.2 Å². The fourth-order valence-corrected chi connectivity index (χ4v) is 2.09. The summed E-state index contributed by atoms with van der Waals surface area (Å²) in [4.78, 5) is 24.1. The predicted molar refractivity (Wildman–Crippen MR) is 92.7 cm³/mol. The van der Waals surface area contributed by atoms with E-state index in [9.17, 15) is 9.59 Å². The highest BCUT2D eigenvalue weighted by Crippen LogP contribution is 2.37. The predicted octanol–water partition coefficient (Wildman–Crippen LogP) is 2.22. The van der Waals surface area contributed by atoms with Crippen LogP contribution in [0.4, 0.5) is 5.69 Å². The molecule has 0 fully saturated rings. The van der Waals surface area contributed by atoms with Crippen LogP contribution in [0.1, 0.15) is 26.5 Å². The highest BCUT2D eigenvalue weighted by Gasteiger charge is 2.19. The minimum atomic E-state index is -0.569. The molecule has 136 valence electrons. The highest BCUT2D eigenvalue weighted by atomic mass is 35.5. The molecular weight excluding hydrogens is 352 g/mol. The fraction of sp³-hybridized carbons (Fsp3) is 0.250. The molecule has 0 aliphatic heterocycles. The molecule has 1 heterocycles. The third kappa shape index (κ3) is 4.43. The standard InChI is InChI=1S/C16H18N2O6.ClH/c1-21-13-6-9(16(20)23-3)5-12(14(13)22-2)18-15(19)10-4-11(7-17)24-8-10;/h4-6,8H,7,17H2,1-3H3,(H,18,19);1H. The Morgan fingerprint density at radius 1 is 1.12 bits per heavy atom. The van der Waals surface area contributed by atoms with Crippen LogP contribution in [0.2, 0.25) is 0 Å². The van der Waals surface area contributed by atoms with Crippen LogP contribution in [0.25, 0.3) is 0 Å². The second-order valence-electron chi connectivity index (χ2n) is 4.71. The summed E-state index contributed by atoms with van der Waals surface area (Å²) in [6.07, 6.45) is 1.30. The molecule has 1 aromatic carbocycles. The average molecular weight is 371 g/mol. The van der Waals surface area contributed by atoms with Crippen LogP contribution >= 0.6 is 12.4 Å². The maximum Gasteiger partial charge on any atom is 0.338 e. The van der Waals surface area contributed by atoms with Crippen molar-refractivity contribution in [1.82, 2.24) is 0 Å². The third-order valence-corrected chi connectivity index (χ3v) is 3.27. The highest BCUT2D eigenvalue weighted by molar-refractivity contribution is 6.06. The van der Waals surface area contributed by atoms with E-state index in [1.807, 2.05) is 0 Å². The average Bonchev–Trinajstić information content (AvgIpc) is 3.09. The van der Waals surface area contributed by atoms with Crippen LogP contribution in [-0.4, -0.2) is 33.2 Å². The molecule has 9 heteroatoms. The lowest BCUT2D eigenvalue weighted by molar-refractivity contribution is 0.0600. The second-order valence-corrected chi connectivity index (χ2v) is 4.71. The van der Waals surface area contributed by atoms with E-state index in [1.54, 1.807) is 0 Å². The van der Waals surface area contributed by atoms with E-state index >= 15 is 0 Å². The van der Waals surface area contributed by atoms with Crippen LogP contribution in [0, 0.1) is 0 Å². The van der Waals surface area contributed by atoms with Gasteiger partial charge in [0.15, 0.2) is 11.5 Å². The number of carbonyl (C=O) groups is 2. The summed E-state index contributed by atoms with van der Waals surface area (Å²) in [6.45, 7) is 0.183. The first-order chi connectivity index (χ1) is 11.5. The van der Waals surface area contributed by atoms with Crippen LogP contribution in [0.5, 0.6) is 11.5 Å². The van der Waals surface area contributed by atoms with Gasteiger partial charge < -0.3 is 29.7 Å². The summed E-state index contributed by atoms with van der Waals surface area (Å²) >= 11 is 0. The van der Waals surface area contributed by atoms with E-state index in [0.29, 0.717) is 11.3 Å². The van der Waals surface area contributed by atoms with Gasteiger partial charge in [-0.1, -0.05) is 0 Å². The van der Waals surface area contributed by atoms with Crippen molar-refractivity contribution in [3.05, 3.63) is 41.3 Å². The third-order valence-electron chi connectivity index (χ3n) is 3.27. The molecule has 2 aromatic rings. The monoisotopic (exact) mass is 370 g/mol. The molecule has 3 N–H and O–H groups in total. The van der Waals surface area contributed by atoms with E-state index in [2.05, 4.69) is 5.32 Å². The van der Waals surface area contributed by atoms with E-state index < -0.39 is 11.9 Å². The number of nitrogens with two attached hydrogens (primary N) is 1. The van der Waals surface area contributed by atoms with Crippen molar-refractivity contribution in [3.8, 4) is 11.5 Å². The molecule has 25 heavy (non-hydrogen) atoms. The Morgan fingerprint density at radius 2 is 1.84 bits per heavy atom. The number of halogens is 1. The molecule has 0 spiro atoms. The number of benzene rings is 1. The lowest BCUT2D eigenvalue weighted by Crippen LogP contribution is -2.13.